The van der Waals surface area contributed by atoms with Gasteiger partial charge in [0.15, 0.2) is 5.96 Å². The number of rotatable bonds is 9. The summed E-state index contributed by atoms with van der Waals surface area (Å²) < 4.78 is 16.3. The van der Waals surface area contributed by atoms with Crippen molar-refractivity contribution in [2.75, 3.05) is 34.5 Å². The molecule has 0 unspecified atom stereocenters. The normalized spacial score (nSPS) is 11.2. The van der Waals surface area contributed by atoms with Crippen LogP contribution in [0, 0.1) is 6.92 Å². The predicted octanol–water partition coefficient (Wildman–Crippen LogP) is 2.89. The molecule has 146 valence electrons. The minimum Gasteiger partial charge on any atom is -0.496 e. The van der Waals surface area contributed by atoms with E-state index >= 15 is 0 Å². The summed E-state index contributed by atoms with van der Waals surface area (Å²) >= 11 is 0. The van der Waals surface area contributed by atoms with E-state index in [-0.39, 0.29) is 0 Å². The second-order valence-corrected chi connectivity index (χ2v) is 6.04. The molecule has 0 saturated heterocycles. The number of aryl methyl sites for hydroxylation is 1. The average molecular weight is 371 g/mol. The van der Waals surface area contributed by atoms with Crippen molar-refractivity contribution in [2.24, 2.45) is 4.99 Å². The minimum absolute atomic E-state index is 0.522. The zero-order chi connectivity index (χ0) is 19.5. The minimum atomic E-state index is 0.522. The number of benzene rings is 2. The van der Waals surface area contributed by atoms with Gasteiger partial charge in [-0.15, -0.1) is 0 Å². The Morgan fingerprint density at radius 1 is 0.926 bits per heavy atom. The summed E-state index contributed by atoms with van der Waals surface area (Å²) in [4.78, 5) is 4.29. The molecule has 0 fully saturated rings. The van der Waals surface area contributed by atoms with Gasteiger partial charge in [-0.3, -0.25) is 4.99 Å². The van der Waals surface area contributed by atoms with E-state index in [2.05, 4.69) is 27.8 Å². The van der Waals surface area contributed by atoms with Gasteiger partial charge in [0.05, 0.1) is 13.7 Å². The molecule has 2 aromatic carbocycles. The Morgan fingerprint density at radius 3 is 2.30 bits per heavy atom. The largest absolute Gasteiger partial charge is 0.496 e. The van der Waals surface area contributed by atoms with Crippen molar-refractivity contribution in [3.05, 3.63) is 59.2 Å². The third-order valence-corrected chi connectivity index (χ3v) is 4.08. The van der Waals surface area contributed by atoms with Crippen molar-refractivity contribution in [2.45, 2.75) is 20.0 Å². The van der Waals surface area contributed by atoms with Crippen LogP contribution in [0.2, 0.25) is 0 Å². The lowest BCUT2D eigenvalue weighted by Crippen LogP contribution is -2.36. The molecule has 2 N–H and O–H groups in total. The summed E-state index contributed by atoms with van der Waals surface area (Å²) in [5.74, 6) is 2.43. The molecule has 0 aliphatic rings. The lowest BCUT2D eigenvalue weighted by Gasteiger charge is -2.16. The van der Waals surface area contributed by atoms with Crippen LogP contribution in [0.25, 0.3) is 0 Å². The molecule has 6 nitrogen and oxygen atoms in total. The van der Waals surface area contributed by atoms with Gasteiger partial charge in [-0.1, -0.05) is 30.3 Å². The molecule has 27 heavy (non-hydrogen) atoms. The Kier molecular flexibility index (Phi) is 8.45. The summed E-state index contributed by atoms with van der Waals surface area (Å²) in [7, 11) is 5.09. The zero-order valence-electron chi connectivity index (χ0n) is 16.5. The fraction of sp³-hybridized carbons (Fsp3) is 0.381. The molecule has 0 saturated carbocycles. The van der Waals surface area contributed by atoms with Crippen LogP contribution < -0.4 is 20.1 Å². The first-order valence-corrected chi connectivity index (χ1v) is 8.95. The van der Waals surface area contributed by atoms with Crippen LogP contribution in [0.1, 0.15) is 16.7 Å². The van der Waals surface area contributed by atoms with E-state index < -0.39 is 0 Å². The van der Waals surface area contributed by atoms with Crippen LogP contribution in [-0.4, -0.2) is 40.4 Å². The van der Waals surface area contributed by atoms with Gasteiger partial charge in [0.1, 0.15) is 18.1 Å². The summed E-state index contributed by atoms with van der Waals surface area (Å²) in [6.45, 7) is 4.35. The summed E-state index contributed by atoms with van der Waals surface area (Å²) in [6.07, 6.45) is 0. The highest BCUT2D eigenvalue weighted by molar-refractivity contribution is 5.79. The SMILES string of the molecule is CN=C(NCc1ccccc1OC)NCc1ccc(C)cc1OCCOC. The molecule has 0 amide bonds. The first kappa shape index (κ1) is 20.6. The Hall–Kier alpha value is -2.73. The quantitative estimate of drug-likeness (QED) is 0.403. The summed E-state index contributed by atoms with van der Waals surface area (Å²) in [6, 6.07) is 14.1. The first-order valence-electron chi connectivity index (χ1n) is 8.95. The number of hydrogen-bond donors (Lipinski definition) is 2. The van der Waals surface area contributed by atoms with Gasteiger partial charge < -0.3 is 24.8 Å². The van der Waals surface area contributed by atoms with E-state index in [1.807, 2.05) is 37.3 Å². The van der Waals surface area contributed by atoms with Crippen molar-refractivity contribution >= 4 is 5.96 Å². The van der Waals surface area contributed by atoms with Crippen LogP contribution in [0.3, 0.4) is 0 Å². The maximum Gasteiger partial charge on any atom is 0.191 e. The van der Waals surface area contributed by atoms with Gasteiger partial charge in [-0.05, 0) is 24.6 Å². The molecule has 0 spiro atoms. The lowest BCUT2D eigenvalue weighted by molar-refractivity contribution is 0.145. The topological polar surface area (TPSA) is 64.1 Å². The van der Waals surface area contributed by atoms with E-state index in [1.54, 1.807) is 21.3 Å². The van der Waals surface area contributed by atoms with E-state index in [1.165, 1.54) is 0 Å². The Balaban J connectivity index is 1.95. The maximum absolute atomic E-state index is 5.84. The first-order chi connectivity index (χ1) is 13.2. The second-order valence-electron chi connectivity index (χ2n) is 6.04. The number of nitrogens with zero attached hydrogens (tertiary/aromatic N) is 1. The highest BCUT2D eigenvalue weighted by Crippen LogP contribution is 2.20. The van der Waals surface area contributed by atoms with E-state index in [0.29, 0.717) is 32.3 Å². The van der Waals surface area contributed by atoms with Crippen LogP contribution in [0.15, 0.2) is 47.5 Å². The smallest absolute Gasteiger partial charge is 0.191 e. The van der Waals surface area contributed by atoms with Crippen LogP contribution in [-0.2, 0) is 17.8 Å². The fourth-order valence-corrected chi connectivity index (χ4v) is 2.60. The highest BCUT2D eigenvalue weighted by atomic mass is 16.5. The molecule has 0 aromatic heterocycles. The number of nitrogens with one attached hydrogen (secondary N) is 2. The zero-order valence-corrected chi connectivity index (χ0v) is 16.5. The number of methoxy groups -OCH3 is 2. The Bertz CT molecular complexity index is 747. The average Bonchev–Trinajstić information content (AvgIpc) is 2.69. The number of hydrogen-bond acceptors (Lipinski definition) is 4. The van der Waals surface area contributed by atoms with Gasteiger partial charge in [0.2, 0.25) is 0 Å². The van der Waals surface area contributed by atoms with Crippen molar-refractivity contribution < 1.29 is 14.2 Å². The third-order valence-electron chi connectivity index (χ3n) is 4.08. The molecular formula is C21H29N3O3. The molecule has 0 bridgehead atoms. The maximum atomic E-state index is 5.84. The fourth-order valence-electron chi connectivity index (χ4n) is 2.60. The lowest BCUT2D eigenvalue weighted by atomic mass is 10.1. The van der Waals surface area contributed by atoms with Crippen molar-refractivity contribution in [3.8, 4) is 11.5 Å². The summed E-state index contributed by atoms with van der Waals surface area (Å²) in [5.41, 5.74) is 3.30. The van der Waals surface area contributed by atoms with Gasteiger partial charge in [0, 0.05) is 38.4 Å². The van der Waals surface area contributed by atoms with Crippen molar-refractivity contribution in [1.82, 2.24) is 10.6 Å². The molecule has 0 aliphatic heterocycles. The molecule has 0 aliphatic carbocycles. The van der Waals surface area contributed by atoms with Crippen LogP contribution in [0.4, 0.5) is 0 Å². The number of para-hydroxylation sites is 1. The van der Waals surface area contributed by atoms with Gasteiger partial charge in [0.25, 0.3) is 0 Å². The molecule has 2 rings (SSSR count). The van der Waals surface area contributed by atoms with Crippen molar-refractivity contribution in [3.63, 3.8) is 0 Å². The molecule has 2 aromatic rings. The second kappa shape index (κ2) is 11.1. The van der Waals surface area contributed by atoms with E-state index in [0.717, 1.165) is 28.2 Å². The predicted molar refractivity (Wildman–Crippen MR) is 109 cm³/mol. The monoisotopic (exact) mass is 371 g/mol. The molecule has 0 atom stereocenters. The van der Waals surface area contributed by atoms with Crippen LogP contribution >= 0.6 is 0 Å². The van der Waals surface area contributed by atoms with Crippen molar-refractivity contribution in [1.29, 1.82) is 0 Å². The molecule has 6 heteroatoms. The van der Waals surface area contributed by atoms with E-state index in [4.69, 9.17) is 14.2 Å². The molecular weight excluding hydrogens is 342 g/mol. The standard InChI is InChI=1S/C21H29N3O3/c1-16-9-10-18(20(13-16)27-12-11-25-3)15-24-21(22-2)23-14-17-7-5-6-8-19(17)26-4/h5-10,13H,11-12,14-15H2,1-4H3,(H2,22,23,24). The van der Waals surface area contributed by atoms with Crippen LogP contribution in [0.5, 0.6) is 11.5 Å². The number of guanidine groups is 1. The number of ether oxygens (including phenoxy) is 3. The van der Waals surface area contributed by atoms with E-state index in [9.17, 15) is 0 Å². The van der Waals surface area contributed by atoms with Gasteiger partial charge in [-0.2, -0.15) is 0 Å². The van der Waals surface area contributed by atoms with Gasteiger partial charge >= 0.3 is 0 Å². The third kappa shape index (κ3) is 6.49. The number of aliphatic imine (C=N–C) groups is 1. The summed E-state index contributed by atoms with van der Waals surface area (Å²) in [5, 5.41) is 6.64. The molecule has 0 heterocycles. The Labute approximate surface area is 161 Å². The van der Waals surface area contributed by atoms with Gasteiger partial charge in [-0.25, -0.2) is 0 Å². The Morgan fingerprint density at radius 2 is 1.63 bits per heavy atom. The molecule has 0 radical (unpaired) electrons. The highest BCUT2D eigenvalue weighted by Gasteiger charge is 2.07.